The van der Waals surface area contributed by atoms with Gasteiger partial charge < -0.3 is 10.2 Å². The van der Waals surface area contributed by atoms with Crippen molar-refractivity contribution in [3.8, 4) is 0 Å². The van der Waals surface area contributed by atoms with Crippen LogP contribution in [0.2, 0.25) is 0 Å². The van der Waals surface area contributed by atoms with Crippen molar-refractivity contribution in [2.75, 3.05) is 12.3 Å². The molecule has 5 heteroatoms. The second-order valence-electron chi connectivity index (χ2n) is 8.11. The molecule has 2 aromatic rings. The van der Waals surface area contributed by atoms with Crippen LogP contribution in [0.5, 0.6) is 0 Å². The molecule has 0 bridgehead atoms. The highest BCUT2D eigenvalue weighted by Crippen LogP contribution is 2.16. The van der Waals surface area contributed by atoms with Crippen LogP contribution in [-0.4, -0.2) is 35.1 Å². The quantitative estimate of drug-likeness (QED) is 0.525. The van der Waals surface area contributed by atoms with Crippen molar-refractivity contribution in [2.45, 2.75) is 52.5 Å². The third-order valence-corrected chi connectivity index (χ3v) is 5.89. The molecule has 0 aliphatic heterocycles. The number of amides is 2. The molecule has 0 saturated heterocycles. The number of aryl methyl sites for hydroxylation is 1. The Morgan fingerprint density at radius 1 is 1.00 bits per heavy atom. The second-order valence-corrected chi connectivity index (χ2v) is 9.22. The molecular weight excluding hydrogens is 392 g/mol. The number of benzene rings is 2. The maximum Gasteiger partial charge on any atom is 0.242 e. The average molecular weight is 427 g/mol. The van der Waals surface area contributed by atoms with E-state index in [1.54, 1.807) is 16.7 Å². The van der Waals surface area contributed by atoms with E-state index in [9.17, 15) is 9.59 Å². The molecule has 0 unspecified atom stereocenters. The van der Waals surface area contributed by atoms with Crippen LogP contribution in [0.1, 0.15) is 43.9 Å². The Hall–Kier alpha value is -2.27. The molecule has 0 aliphatic rings. The van der Waals surface area contributed by atoms with E-state index in [0.29, 0.717) is 25.4 Å². The molecule has 1 atom stereocenters. The molecule has 0 aliphatic carbocycles. The van der Waals surface area contributed by atoms with Crippen LogP contribution in [0, 0.1) is 12.8 Å². The van der Waals surface area contributed by atoms with Gasteiger partial charge in [0, 0.05) is 31.0 Å². The van der Waals surface area contributed by atoms with E-state index >= 15 is 0 Å². The predicted octanol–water partition coefficient (Wildman–Crippen LogP) is 4.81. The van der Waals surface area contributed by atoms with E-state index in [1.165, 1.54) is 5.56 Å². The lowest BCUT2D eigenvalue weighted by atomic mass is 10.1. The zero-order valence-electron chi connectivity index (χ0n) is 18.6. The van der Waals surface area contributed by atoms with E-state index in [1.807, 2.05) is 50.2 Å². The van der Waals surface area contributed by atoms with Crippen LogP contribution in [0.4, 0.5) is 0 Å². The Labute approximate surface area is 185 Å². The van der Waals surface area contributed by atoms with Crippen LogP contribution < -0.4 is 5.32 Å². The molecule has 4 nitrogen and oxygen atoms in total. The Morgan fingerprint density at radius 3 is 2.37 bits per heavy atom. The fraction of sp³-hybridized carbons (Fsp3) is 0.440. The summed E-state index contributed by atoms with van der Waals surface area (Å²) in [5, 5.41) is 2.97. The van der Waals surface area contributed by atoms with Crippen molar-refractivity contribution >= 4 is 23.6 Å². The zero-order chi connectivity index (χ0) is 21.9. The maximum atomic E-state index is 13.1. The summed E-state index contributed by atoms with van der Waals surface area (Å²) < 4.78 is 0. The number of hydrogen-bond acceptors (Lipinski definition) is 3. The molecule has 162 valence electrons. The normalized spacial score (nSPS) is 11.9. The molecule has 0 saturated carbocycles. The number of hydrogen-bond donors (Lipinski definition) is 1. The topological polar surface area (TPSA) is 49.4 Å². The number of thioether (sulfide) groups is 1. The second kappa shape index (κ2) is 12.4. The first kappa shape index (κ1) is 24.0. The van der Waals surface area contributed by atoms with Gasteiger partial charge in [0.15, 0.2) is 0 Å². The SMILES string of the molecule is Cc1cccc(CN(C(=O)CCSCc2ccccc2)[C@H](C)C(=O)NCC(C)C)c1. The lowest BCUT2D eigenvalue weighted by Crippen LogP contribution is -2.48. The number of carbonyl (C=O) groups excluding carboxylic acids is 2. The number of nitrogens with zero attached hydrogens (tertiary/aromatic N) is 1. The van der Waals surface area contributed by atoms with E-state index in [0.717, 1.165) is 22.6 Å². The Bertz CT molecular complexity index is 808. The van der Waals surface area contributed by atoms with Crippen molar-refractivity contribution < 1.29 is 9.59 Å². The summed E-state index contributed by atoms with van der Waals surface area (Å²) in [6.07, 6.45) is 0.422. The fourth-order valence-electron chi connectivity index (χ4n) is 3.11. The maximum absolute atomic E-state index is 13.1. The fourth-order valence-corrected chi connectivity index (χ4v) is 4.00. The van der Waals surface area contributed by atoms with Crippen LogP contribution >= 0.6 is 11.8 Å². The summed E-state index contributed by atoms with van der Waals surface area (Å²) in [5.74, 6) is 1.91. The highest BCUT2D eigenvalue weighted by molar-refractivity contribution is 7.98. The van der Waals surface area contributed by atoms with Crippen molar-refractivity contribution in [1.82, 2.24) is 10.2 Å². The molecule has 30 heavy (non-hydrogen) atoms. The molecule has 2 rings (SSSR count). The summed E-state index contributed by atoms with van der Waals surface area (Å²) >= 11 is 1.75. The molecular formula is C25H34N2O2S. The van der Waals surface area contributed by atoms with E-state index < -0.39 is 6.04 Å². The lowest BCUT2D eigenvalue weighted by molar-refractivity contribution is -0.140. The lowest BCUT2D eigenvalue weighted by Gasteiger charge is -2.29. The molecule has 2 aromatic carbocycles. The van der Waals surface area contributed by atoms with Gasteiger partial charge in [0.2, 0.25) is 11.8 Å². The van der Waals surface area contributed by atoms with Gasteiger partial charge in [-0.05, 0) is 30.9 Å². The highest BCUT2D eigenvalue weighted by atomic mass is 32.2. The first-order valence-corrected chi connectivity index (χ1v) is 11.8. The summed E-state index contributed by atoms with van der Waals surface area (Å²) in [4.78, 5) is 27.4. The Morgan fingerprint density at radius 2 is 1.70 bits per heavy atom. The third-order valence-electron chi connectivity index (χ3n) is 4.86. The van der Waals surface area contributed by atoms with Crippen molar-refractivity contribution in [3.05, 3.63) is 71.3 Å². The highest BCUT2D eigenvalue weighted by Gasteiger charge is 2.25. The first-order chi connectivity index (χ1) is 14.4. The standard InChI is InChI=1S/C25H34N2O2S/c1-19(2)16-26-25(29)21(4)27(17-23-12-8-9-20(3)15-23)24(28)13-14-30-18-22-10-6-5-7-11-22/h5-12,15,19,21H,13-14,16-18H2,1-4H3,(H,26,29)/t21-/m1/s1. The summed E-state index contributed by atoms with van der Waals surface area (Å²) in [5.41, 5.74) is 3.45. The minimum atomic E-state index is -0.504. The molecule has 0 aromatic heterocycles. The predicted molar refractivity (Wildman–Crippen MR) is 126 cm³/mol. The van der Waals surface area contributed by atoms with Crippen LogP contribution in [0.15, 0.2) is 54.6 Å². The molecule has 0 heterocycles. The van der Waals surface area contributed by atoms with Gasteiger partial charge in [-0.15, -0.1) is 0 Å². The van der Waals surface area contributed by atoms with Crippen molar-refractivity contribution in [2.24, 2.45) is 5.92 Å². The van der Waals surface area contributed by atoms with Gasteiger partial charge in [-0.3, -0.25) is 9.59 Å². The van der Waals surface area contributed by atoms with Gasteiger partial charge in [-0.25, -0.2) is 0 Å². The molecule has 2 amide bonds. The Kier molecular flexibility index (Phi) is 9.95. The van der Waals surface area contributed by atoms with E-state index in [-0.39, 0.29) is 11.8 Å². The van der Waals surface area contributed by atoms with Gasteiger partial charge in [-0.2, -0.15) is 11.8 Å². The molecule has 1 N–H and O–H groups in total. The van der Waals surface area contributed by atoms with Crippen LogP contribution in [0.3, 0.4) is 0 Å². The van der Waals surface area contributed by atoms with Gasteiger partial charge in [0.05, 0.1) is 0 Å². The zero-order valence-corrected chi connectivity index (χ0v) is 19.4. The molecule has 0 fully saturated rings. The Balaban J connectivity index is 1.99. The van der Waals surface area contributed by atoms with Crippen molar-refractivity contribution in [3.63, 3.8) is 0 Å². The van der Waals surface area contributed by atoms with Crippen molar-refractivity contribution in [1.29, 1.82) is 0 Å². The summed E-state index contributed by atoms with van der Waals surface area (Å²) in [6, 6.07) is 17.9. The van der Waals surface area contributed by atoms with Gasteiger partial charge in [0.1, 0.15) is 6.04 Å². The number of carbonyl (C=O) groups is 2. The monoisotopic (exact) mass is 426 g/mol. The van der Waals surface area contributed by atoms with Gasteiger partial charge >= 0.3 is 0 Å². The van der Waals surface area contributed by atoms with Gasteiger partial charge in [-0.1, -0.05) is 74.0 Å². The average Bonchev–Trinajstić information content (AvgIpc) is 2.73. The minimum absolute atomic E-state index is 0.0178. The van der Waals surface area contributed by atoms with Gasteiger partial charge in [0.25, 0.3) is 0 Å². The molecule has 0 spiro atoms. The summed E-state index contributed by atoms with van der Waals surface area (Å²) in [7, 11) is 0. The third kappa shape index (κ3) is 8.23. The smallest absolute Gasteiger partial charge is 0.242 e. The minimum Gasteiger partial charge on any atom is -0.354 e. The molecule has 0 radical (unpaired) electrons. The summed E-state index contributed by atoms with van der Waals surface area (Å²) in [6.45, 7) is 9.03. The van der Waals surface area contributed by atoms with Crippen LogP contribution in [-0.2, 0) is 21.9 Å². The number of nitrogens with one attached hydrogen (secondary N) is 1. The van der Waals surface area contributed by atoms with E-state index in [4.69, 9.17) is 0 Å². The van der Waals surface area contributed by atoms with E-state index in [2.05, 4.69) is 37.4 Å². The number of rotatable bonds is 11. The first-order valence-electron chi connectivity index (χ1n) is 10.6. The largest absolute Gasteiger partial charge is 0.354 e. The van der Waals surface area contributed by atoms with Crippen LogP contribution in [0.25, 0.3) is 0 Å².